The fourth-order valence-corrected chi connectivity index (χ4v) is 4.80. The van der Waals surface area contributed by atoms with Gasteiger partial charge in [-0.3, -0.25) is 19.3 Å². The lowest BCUT2D eigenvalue weighted by Crippen LogP contribution is -2.37. The molecule has 5 rings (SSSR count). The van der Waals surface area contributed by atoms with Crippen molar-refractivity contribution >= 4 is 46.4 Å². The van der Waals surface area contributed by atoms with Gasteiger partial charge in [-0.05, 0) is 42.2 Å². The lowest BCUT2D eigenvalue weighted by molar-refractivity contribution is -0.141. The average Bonchev–Trinajstić information content (AvgIpc) is 2.88. The first-order valence-electron chi connectivity index (χ1n) is 9.09. The van der Waals surface area contributed by atoms with Crippen LogP contribution < -0.4 is 4.90 Å². The van der Waals surface area contributed by atoms with Gasteiger partial charge >= 0.3 is 0 Å². The SMILES string of the molecule is O=C1C(=O)N2c3c(ccc(Cl)c3F)-c3cc(Cl)ccc3C2C1C(=O)C1CCC1. The van der Waals surface area contributed by atoms with Gasteiger partial charge in [-0.15, -0.1) is 0 Å². The standard InChI is InChI=1S/C21H14Cl2FNO3/c22-10-4-5-11-13(8-10)12-6-7-14(23)16(24)18(12)25-17(11)15(20(27)21(25)28)19(26)9-2-1-3-9/h4-9,15,17H,1-3H2. The van der Waals surface area contributed by atoms with Crippen molar-refractivity contribution in [2.75, 3.05) is 4.90 Å². The highest BCUT2D eigenvalue weighted by Gasteiger charge is 2.56. The molecule has 0 spiro atoms. The number of carbonyl (C=O) groups is 3. The third kappa shape index (κ3) is 2.26. The molecule has 142 valence electrons. The van der Waals surface area contributed by atoms with Gasteiger partial charge in [0.1, 0.15) is 11.7 Å². The minimum absolute atomic E-state index is 0.0606. The number of Topliss-reactive ketones (excluding diaryl/α,β-unsaturated/α-hetero) is 2. The Kier molecular flexibility index (Phi) is 3.90. The normalized spacial score (nSPS) is 23.2. The molecule has 2 aliphatic heterocycles. The molecule has 0 aromatic heterocycles. The van der Waals surface area contributed by atoms with Crippen molar-refractivity contribution in [2.45, 2.75) is 25.3 Å². The number of halogens is 3. The Labute approximate surface area is 170 Å². The van der Waals surface area contributed by atoms with Gasteiger partial charge in [0.15, 0.2) is 5.82 Å². The second-order valence-electron chi connectivity index (χ2n) is 7.48. The molecule has 1 saturated carbocycles. The number of ketones is 2. The number of hydrogen-bond donors (Lipinski definition) is 0. The van der Waals surface area contributed by atoms with E-state index in [1.807, 2.05) is 0 Å². The first-order valence-corrected chi connectivity index (χ1v) is 9.84. The van der Waals surface area contributed by atoms with Crippen LogP contribution in [-0.4, -0.2) is 17.5 Å². The van der Waals surface area contributed by atoms with Gasteiger partial charge in [0.05, 0.1) is 16.8 Å². The summed E-state index contributed by atoms with van der Waals surface area (Å²) < 4.78 is 15.0. The number of anilines is 1. The van der Waals surface area contributed by atoms with Crippen molar-refractivity contribution in [1.82, 2.24) is 0 Å². The molecule has 0 bridgehead atoms. The van der Waals surface area contributed by atoms with Crippen LogP contribution in [0.5, 0.6) is 0 Å². The van der Waals surface area contributed by atoms with E-state index >= 15 is 4.39 Å². The Morgan fingerprint density at radius 1 is 1.07 bits per heavy atom. The number of fused-ring (bicyclic) bond motifs is 6. The summed E-state index contributed by atoms with van der Waals surface area (Å²) in [7, 11) is 0. The molecule has 0 N–H and O–H groups in total. The quantitative estimate of drug-likeness (QED) is 0.522. The Bertz CT molecular complexity index is 1080. The molecule has 2 aromatic rings. The van der Waals surface area contributed by atoms with E-state index in [4.69, 9.17) is 23.2 Å². The molecular formula is C21H14Cl2FNO3. The predicted molar refractivity (Wildman–Crippen MR) is 103 cm³/mol. The van der Waals surface area contributed by atoms with Crippen LogP contribution in [0.2, 0.25) is 10.0 Å². The van der Waals surface area contributed by atoms with Crippen LogP contribution in [0.3, 0.4) is 0 Å². The summed E-state index contributed by atoms with van der Waals surface area (Å²) in [6.07, 6.45) is 2.36. The predicted octanol–water partition coefficient (Wildman–Crippen LogP) is 4.76. The molecule has 1 saturated heterocycles. The van der Waals surface area contributed by atoms with Crippen molar-refractivity contribution in [1.29, 1.82) is 0 Å². The fourth-order valence-electron chi connectivity index (χ4n) is 4.47. The van der Waals surface area contributed by atoms with Crippen LogP contribution in [-0.2, 0) is 14.4 Å². The second kappa shape index (κ2) is 6.13. The zero-order valence-corrected chi connectivity index (χ0v) is 16.1. The molecular weight excluding hydrogens is 404 g/mol. The minimum atomic E-state index is -1.13. The van der Waals surface area contributed by atoms with E-state index in [2.05, 4.69) is 0 Å². The first kappa shape index (κ1) is 17.8. The molecule has 2 fully saturated rings. The van der Waals surface area contributed by atoms with E-state index in [9.17, 15) is 14.4 Å². The fraction of sp³-hybridized carbons (Fsp3) is 0.286. The summed E-state index contributed by atoms with van der Waals surface area (Å²) in [4.78, 5) is 39.9. The van der Waals surface area contributed by atoms with Gasteiger partial charge in [-0.25, -0.2) is 4.39 Å². The van der Waals surface area contributed by atoms with Crippen molar-refractivity contribution < 1.29 is 18.8 Å². The van der Waals surface area contributed by atoms with Crippen LogP contribution >= 0.6 is 23.2 Å². The van der Waals surface area contributed by atoms with Crippen molar-refractivity contribution in [2.24, 2.45) is 11.8 Å². The van der Waals surface area contributed by atoms with Crippen LogP contribution in [0.15, 0.2) is 30.3 Å². The third-order valence-corrected chi connectivity index (χ3v) is 6.58. The zero-order chi connectivity index (χ0) is 19.7. The minimum Gasteiger partial charge on any atom is -0.298 e. The van der Waals surface area contributed by atoms with Crippen molar-refractivity contribution in [3.05, 3.63) is 51.8 Å². The van der Waals surface area contributed by atoms with E-state index < -0.39 is 29.5 Å². The monoisotopic (exact) mass is 417 g/mol. The second-order valence-corrected chi connectivity index (χ2v) is 8.32. The van der Waals surface area contributed by atoms with Gasteiger partial charge in [-0.2, -0.15) is 0 Å². The zero-order valence-electron chi connectivity index (χ0n) is 14.5. The highest BCUT2D eigenvalue weighted by Crippen LogP contribution is 2.54. The molecule has 2 heterocycles. The number of rotatable bonds is 2. The van der Waals surface area contributed by atoms with E-state index in [-0.39, 0.29) is 22.4 Å². The van der Waals surface area contributed by atoms with Gasteiger partial charge in [-0.1, -0.05) is 41.8 Å². The molecule has 1 amide bonds. The topological polar surface area (TPSA) is 54.5 Å². The summed E-state index contributed by atoms with van der Waals surface area (Å²) >= 11 is 12.1. The molecule has 2 unspecified atom stereocenters. The van der Waals surface area contributed by atoms with Crippen LogP contribution in [0, 0.1) is 17.7 Å². The Balaban J connectivity index is 1.78. The van der Waals surface area contributed by atoms with Crippen LogP contribution in [0.1, 0.15) is 30.9 Å². The highest BCUT2D eigenvalue weighted by atomic mass is 35.5. The number of hydrogen-bond acceptors (Lipinski definition) is 3. The maximum absolute atomic E-state index is 15.0. The summed E-state index contributed by atoms with van der Waals surface area (Å²) in [5.41, 5.74) is 1.59. The molecule has 3 aliphatic rings. The number of benzene rings is 2. The van der Waals surface area contributed by atoms with Gasteiger partial charge in [0.25, 0.3) is 5.91 Å². The summed E-state index contributed by atoms with van der Waals surface area (Å²) in [5, 5.41) is 0.281. The van der Waals surface area contributed by atoms with Crippen molar-refractivity contribution in [3.8, 4) is 11.1 Å². The smallest absolute Gasteiger partial charge is 0.295 e. The number of carbonyl (C=O) groups excluding carboxylic acids is 3. The highest BCUT2D eigenvalue weighted by molar-refractivity contribution is 6.49. The van der Waals surface area contributed by atoms with E-state index in [0.29, 0.717) is 34.6 Å². The van der Waals surface area contributed by atoms with Gasteiger partial charge < -0.3 is 0 Å². The summed E-state index contributed by atoms with van der Waals surface area (Å²) in [6, 6.07) is 7.15. The van der Waals surface area contributed by atoms with Gasteiger partial charge in [0.2, 0.25) is 5.78 Å². The number of amides is 1. The summed E-state index contributed by atoms with van der Waals surface area (Å²) in [5.74, 6) is -4.02. The molecule has 0 radical (unpaired) electrons. The van der Waals surface area contributed by atoms with Gasteiger partial charge in [0, 0.05) is 16.5 Å². The Hall–Kier alpha value is -2.24. The third-order valence-electron chi connectivity index (χ3n) is 6.05. The van der Waals surface area contributed by atoms with Crippen LogP contribution in [0.25, 0.3) is 11.1 Å². The molecule has 7 heteroatoms. The van der Waals surface area contributed by atoms with Crippen LogP contribution in [0.4, 0.5) is 10.1 Å². The molecule has 1 aliphatic carbocycles. The first-order chi connectivity index (χ1) is 13.4. The van der Waals surface area contributed by atoms with E-state index in [1.165, 1.54) is 6.07 Å². The van der Waals surface area contributed by atoms with E-state index in [1.54, 1.807) is 24.3 Å². The number of nitrogens with zero attached hydrogens (tertiary/aromatic N) is 1. The molecule has 4 nitrogen and oxygen atoms in total. The maximum atomic E-state index is 15.0. The molecule has 2 atom stereocenters. The average molecular weight is 418 g/mol. The molecule has 2 aromatic carbocycles. The molecule has 28 heavy (non-hydrogen) atoms. The van der Waals surface area contributed by atoms with Crippen molar-refractivity contribution in [3.63, 3.8) is 0 Å². The largest absolute Gasteiger partial charge is 0.298 e. The summed E-state index contributed by atoms with van der Waals surface area (Å²) in [6.45, 7) is 0. The van der Waals surface area contributed by atoms with E-state index in [0.717, 1.165) is 11.3 Å². The lowest BCUT2D eigenvalue weighted by atomic mass is 9.73. The Morgan fingerprint density at radius 2 is 1.82 bits per heavy atom. The lowest BCUT2D eigenvalue weighted by Gasteiger charge is -2.36. The maximum Gasteiger partial charge on any atom is 0.295 e. The Morgan fingerprint density at radius 3 is 2.50 bits per heavy atom.